The first-order chi connectivity index (χ1) is 13.6. The molecule has 0 bridgehead atoms. The Kier molecular flexibility index (Phi) is 6.11. The molecule has 28 heavy (non-hydrogen) atoms. The van der Waals surface area contributed by atoms with E-state index in [0.29, 0.717) is 47.0 Å². The molecule has 6 heteroatoms. The maximum Gasteiger partial charge on any atom is 0.343 e. The van der Waals surface area contributed by atoms with Crippen molar-refractivity contribution in [3.63, 3.8) is 0 Å². The zero-order valence-electron chi connectivity index (χ0n) is 15.6. The standard InChI is InChI=1S/C22H20O6/c1-25-17-7-3-15(4-8-17)21(23)27-19-11-13-20(14-12-19)28-22(24)16-5-9-18(26-2)10-6-16/h3-11,13H,12,14H2,1-2H3. The molecule has 0 spiro atoms. The molecule has 0 heterocycles. The lowest BCUT2D eigenvalue weighted by Crippen LogP contribution is -2.10. The molecule has 2 aromatic carbocycles. The Labute approximate surface area is 163 Å². The van der Waals surface area contributed by atoms with Gasteiger partial charge in [0.05, 0.1) is 25.3 Å². The van der Waals surface area contributed by atoms with Crippen molar-refractivity contribution in [2.45, 2.75) is 12.8 Å². The van der Waals surface area contributed by atoms with Crippen molar-refractivity contribution in [2.75, 3.05) is 14.2 Å². The van der Waals surface area contributed by atoms with E-state index in [1.807, 2.05) is 0 Å². The lowest BCUT2D eigenvalue weighted by atomic mass is 10.1. The van der Waals surface area contributed by atoms with Crippen LogP contribution in [0.1, 0.15) is 33.6 Å². The number of hydrogen-bond donors (Lipinski definition) is 0. The summed E-state index contributed by atoms with van der Waals surface area (Å²) in [5.41, 5.74) is 0.866. The smallest absolute Gasteiger partial charge is 0.343 e. The highest BCUT2D eigenvalue weighted by Gasteiger charge is 2.16. The van der Waals surface area contributed by atoms with Crippen molar-refractivity contribution < 1.29 is 28.5 Å². The summed E-state index contributed by atoms with van der Waals surface area (Å²) >= 11 is 0. The molecule has 0 fully saturated rings. The molecule has 0 N–H and O–H groups in total. The molecule has 0 aromatic heterocycles. The van der Waals surface area contributed by atoms with Gasteiger partial charge in [-0.3, -0.25) is 0 Å². The second-order valence-corrected chi connectivity index (χ2v) is 6.00. The molecule has 1 aliphatic rings. The summed E-state index contributed by atoms with van der Waals surface area (Å²) in [7, 11) is 3.12. The van der Waals surface area contributed by atoms with Gasteiger partial charge in [0.15, 0.2) is 0 Å². The second-order valence-electron chi connectivity index (χ2n) is 6.00. The third-order valence-electron chi connectivity index (χ3n) is 4.17. The predicted molar refractivity (Wildman–Crippen MR) is 102 cm³/mol. The normalized spacial score (nSPS) is 13.1. The largest absolute Gasteiger partial charge is 0.497 e. The Morgan fingerprint density at radius 1 is 0.643 bits per heavy atom. The molecule has 6 nitrogen and oxygen atoms in total. The Morgan fingerprint density at radius 2 is 1.00 bits per heavy atom. The average Bonchev–Trinajstić information content (AvgIpc) is 2.75. The van der Waals surface area contributed by atoms with Gasteiger partial charge in [0.1, 0.15) is 23.0 Å². The monoisotopic (exact) mass is 380 g/mol. The lowest BCUT2D eigenvalue weighted by molar-refractivity contribution is 0.0571. The van der Waals surface area contributed by atoms with Crippen molar-refractivity contribution >= 4 is 11.9 Å². The van der Waals surface area contributed by atoms with E-state index in [1.165, 1.54) is 0 Å². The summed E-state index contributed by atoms with van der Waals surface area (Å²) in [6, 6.07) is 13.4. The topological polar surface area (TPSA) is 71.1 Å². The quantitative estimate of drug-likeness (QED) is 0.697. The molecule has 0 saturated heterocycles. The maximum absolute atomic E-state index is 12.2. The van der Waals surface area contributed by atoms with Crippen LogP contribution in [0.4, 0.5) is 0 Å². The van der Waals surface area contributed by atoms with Crippen molar-refractivity contribution in [3.8, 4) is 11.5 Å². The molecule has 0 radical (unpaired) electrons. The van der Waals surface area contributed by atoms with E-state index >= 15 is 0 Å². The van der Waals surface area contributed by atoms with Crippen molar-refractivity contribution in [1.29, 1.82) is 0 Å². The number of carbonyl (C=O) groups is 2. The van der Waals surface area contributed by atoms with E-state index in [-0.39, 0.29) is 0 Å². The second kappa shape index (κ2) is 8.90. The summed E-state index contributed by atoms with van der Waals surface area (Å²) in [5, 5.41) is 0. The van der Waals surface area contributed by atoms with Crippen LogP contribution >= 0.6 is 0 Å². The minimum absolute atomic E-state index is 0.433. The highest BCUT2D eigenvalue weighted by molar-refractivity contribution is 5.91. The third-order valence-corrected chi connectivity index (χ3v) is 4.17. The van der Waals surface area contributed by atoms with Gasteiger partial charge >= 0.3 is 11.9 Å². The fourth-order valence-corrected chi connectivity index (χ4v) is 2.58. The van der Waals surface area contributed by atoms with Crippen molar-refractivity contribution in [1.82, 2.24) is 0 Å². The fourth-order valence-electron chi connectivity index (χ4n) is 2.58. The van der Waals surface area contributed by atoms with E-state index < -0.39 is 11.9 Å². The van der Waals surface area contributed by atoms with Gasteiger partial charge in [0.2, 0.25) is 0 Å². The zero-order valence-corrected chi connectivity index (χ0v) is 15.6. The Bertz CT molecular complexity index is 830. The van der Waals surface area contributed by atoms with Crippen LogP contribution in [0.5, 0.6) is 11.5 Å². The number of methoxy groups -OCH3 is 2. The molecular formula is C22H20O6. The molecule has 0 atom stereocenters. The molecule has 0 aliphatic heterocycles. The average molecular weight is 380 g/mol. The van der Waals surface area contributed by atoms with Crippen molar-refractivity contribution in [2.24, 2.45) is 0 Å². The van der Waals surface area contributed by atoms with Gasteiger partial charge in [0.25, 0.3) is 0 Å². The van der Waals surface area contributed by atoms with Gasteiger partial charge in [-0.05, 0) is 60.7 Å². The lowest BCUT2D eigenvalue weighted by Gasteiger charge is -2.15. The highest BCUT2D eigenvalue weighted by Crippen LogP contribution is 2.23. The summed E-state index contributed by atoms with van der Waals surface area (Å²) < 4.78 is 20.9. The first-order valence-electron chi connectivity index (χ1n) is 8.71. The predicted octanol–water partition coefficient (Wildman–Crippen LogP) is 4.28. The minimum atomic E-state index is -0.444. The third kappa shape index (κ3) is 4.79. The number of esters is 2. The van der Waals surface area contributed by atoms with Crippen LogP contribution in [0.15, 0.2) is 72.2 Å². The van der Waals surface area contributed by atoms with Crippen LogP contribution in [0.3, 0.4) is 0 Å². The Morgan fingerprint density at radius 3 is 1.29 bits per heavy atom. The van der Waals surface area contributed by atoms with E-state index in [2.05, 4.69) is 0 Å². The maximum atomic E-state index is 12.2. The summed E-state index contributed by atoms with van der Waals surface area (Å²) in [6.45, 7) is 0. The molecular weight excluding hydrogens is 360 g/mol. The van der Waals surface area contributed by atoms with E-state index in [0.717, 1.165) is 0 Å². The number of rotatable bonds is 6. The van der Waals surface area contributed by atoms with Gasteiger partial charge in [-0.25, -0.2) is 9.59 Å². The number of allylic oxidation sites excluding steroid dienone is 4. The summed E-state index contributed by atoms with van der Waals surface area (Å²) in [5.74, 6) is 1.48. The molecule has 1 aliphatic carbocycles. The first kappa shape index (κ1) is 19.2. The number of carbonyl (C=O) groups excluding carboxylic acids is 2. The van der Waals surface area contributed by atoms with Gasteiger partial charge in [-0.15, -0.1) is 0 Å². The summed E-state index contributed by atoms with van der Waals surface area (Å²) in [6.07, 6.45) is 4.20. The Hall–Kier alpha value is -3.54. The van der Waals surface area contributed by atoms with Crippen LogP contribution in [-0.4, -0.2) is 26.2 Å². The molecule has 144 valence electrons. The zero-order chi connectivity index (χ0) is 19.9. The Balaban J connectivity index is 1.58. The van der Waals surface area contributed by atoms with Gasteiger partial charge in [0, 0.05) is 12.8 Å². The number of hydrogen-bond acceptors (Lipinski definition) is 6. The van der Waals surface area contributed by atoms with E-state index in [4.69, 9.17) is 18.9 Å². The highest BCUT2D eigenvalue weighted by atomic mass is 16.5. The van der Waals surface area contributed by atoms with E-state index in [1.54, 1.807) is 74.9 Å². The van der Waals surface area contributed by atoms with Gasteiger partial charge in [-0.1, -0.05) is 0 Å². The number of ether oxygens (including phenoxy) is 4. The van der Waals surface area contributed by atoms with Crippen LogP contribution in [0.2, 0.25) is 0 Å². The first-order valence-corrected chi connectivity index (χ1v) is 8.71. The molecule has 0 unspecified atom stereocenters. The minimum Gasteiger partial charge on any atom is -0.497 e. The van der Waals surface area contributed by atoms with Crippen molar-refractivity contribution in [3.05, 3.63) is 83.3 Å². The molecule has 2 aromatic rings. The fraction of sp³-hybridized carbons (Fsp3) is 0.182. The molecule has 3 rings (SSSR count). The summed E-state index contributed by atoms with van der Waals surface area (Å²) in [4.78, 5) is 24.4. The van der Waals surface area contributed by atoms with Gasteiger partial charge < -0.3 is 18.9 Å². The molecule has 0 saturated carbocycles. The SMILES string of the molecule is COc1ccc(C(=O)OC2=CC=C(OC(=O)c3ccc(OC)cc3)CC2)cc1. The van der Waals surface area contributed by atoms with Crippen LogP contribution in [0, 0.1) is 0 Å². The number of benzene rings is 2. The van der Waals surface area contributed by atoms with E-state index in [9.17, 15) is 9.59 Å². The van der Waals surface area contributed by atoms with Crippen LogP contribution in [-0.2, 0) is 9.47 Å². The van der Waals surface area contributed by atoms with Crippen LogP contribution < -0.4 is 9.47 Å². The molecule has 0 amide bonds. The van der Waals surface area contributed by atoms with Crippen LogP contribution in [0.25, 0.3) is 0 Å². The van der Waals surface area contributed by atoms with Gasteiger partial charge in [-0.2, -0.15) is 0 Å².